The molecule has 0 spiro atoms. The number of rotatable bonds is 5. The molecule has 2 amide bonds. The zero-order valence-corrected chi connectivity index (χ0v) is 20.6. The van der Waals surface area contributed by atoms with Crippen LogP contribution in [0.4, 0.5) is 16.2 Å². The minimum absolute atomic E-state index is 0.128. The minimum atomic E-state index is -0.447. The van der Waals surface area contributed by atoms with Crippen LogP contribution in [0.3, 0.4) is 0 Å². The first-order valence-electron chi connectivity index (χ1n) is 10.7. The molecule has 3 rings (SSSR count). The van der Waals surface area contributed by atoms with Crippen molar-refractivity contribution >= 4 is 29.0 Å². The first kappa shape index (κ1) is 24.4. The van der Waals surface area contributed by atoms with E-state index in [-0.39, 0.29) is 16.9 Å². The van der Waals surface area contributed by atoms with Crippen LogP contribution in [-0.4, -0.2) is 16.6 Å². The lowest BCUT2D eigenvalue weighted by Gasteiger charge is -2.23. The Hall–Kier alpha value is -3.25. The Balaban J connectivity index is 1.76. The SMILES string of the molecule is CC(C)(C)Oc1ccc(NC(=O)Nc2cc(Cl)cnc2Oc2ccccc2C(C)(C)C)cc1. The van der Waals surface area contributed by atoms with E-state index < -0.39 is 6.03 Å². The highest BCUT2D eigenvalue weighted by Gasteiger charge is 2.20. The van der Waals surface area contributed by atoms with Gasteiger partial charge in [0, 0.05) is 17.4 Å². The van der Waals surface area contributed by atoms with E-state index in [0.717, 1.165) is 11.3 Å². The molecule has 0 saturated heterocycles. The molecular formula is C26H30ClN3O3. The Morgan fingerprint density at radius 3 is 2.24 bits per heavy atom. The van der Waals surface area contributed by atoms with Gasteiger partial charge in [0.2, 0.25) is 5.88 Å². The van der Waals surface area contributed by atoms with Crippen LogP contribution in [0.5, 0.6) is 17.4 Å². The number of hydrogen-bond acceptors (Lipinski definition) is 4. The summed E-state index contributed by atoms with van der Waals surface area (Å²) >= 11 is 6.13. The molecule has 2 aromatic carbocycles. The second kappa shape index (κ2) is 9.71. The Bertz CT molecular complexity index is 1120. The lowest BCUT2D eigenvalue weighted by molar-refractivity contribution is 0.131. The molecule has 0 aliphatic carbocycles. The van der Waals surface area contributed by atoms with E-state index in [1.165, 1.54) is 6.20 Å². The topological polar surface area (TPSA) is 72.5 Å². The van der Waals surface area contributed by atoms with Crippen LogP contribution >= 0.6 is 11.6 Å². The number of amides is 2. The first-order valence-corrected chi connectivity index (χ1v) is 11.1. The molecule has 0 bridgehead atoms. The van der Waals surface area contributed by atoms with Crippen molar-refractivity contribution in [1.29, 1.82) is 0 Å². The minimum Gasteiger partial charge on any atom is -0.488 e. The van der Waals surface area contributed by atoms with Crippen LogP contribution in [0, 0.1) is 0 Å². The first-order chi connectivity index (χ1) is 15.4. The lowest BCUT2D eigenvalue weighted by Crippen LogP contribution is -2.23. The number of benzene rings is 2. The van der Waals surface area contributed by atoms with E-state index >= 15 is 0 Å². The van der Waals surface area contributed by atoms with E-state index in [9.17, 15) is 4.79 Å². The van der Waals surface area contributed by atoms with Crippen molar-refractivity contribution < 1.29 is 14.3 Å². The second-order valence-corrected chi connectivity index (χ2v) is 10.1. The molecule has 0 fully saturated rings. The number of pyridine rings is 1. The van der Waals surface area contributed by atoms with Crippen LogP contribution in [-0.2, 0) is 5.41 Å². The standard InChI is InChI=1S/C26H30ClN3O3/c1-25(2,3)20-9-7-8-10-22(20)32-23-21(15-17(27)16-28-23)30-24(31)29-18-11-13-19(14-12-18)33-26(4,5)6/h7-16H,1-6H3,(H2,29,30,31). The summed E-state index contributed by atoms with van der Waals surface area (Å²) in [5.41, 5.74) is 1.57. The molecule has 0 aliphatic heterocycles. The number of urea groups is 1. The number of carbonyl (C=O) groups excluding carboxylic acids is 1. The number of ether oxygens (including phenoxy) is 2. The normalized spacial score (nSPS) is 11.6. The van der Waals surface area contributed by atoms with Crippen LogP contribution < -0.4 is 20.1 Å². The fraction of sp³-hybridized carbons (Fsp3) is 0.308. The van der Waals surface area contributed by atoms with E-state index in [4.69, 9.17) is 21.1 Å². The molecule has 6 nitrogen and oxygen atoms in total. The fourth-order valence-corrected chi connectivity index (χ4v) is 3.28. The molecule has 7 heteroatoms. The predicted octanol–water partition coefficient (Wildman–Crippen LogP) is 7.65. The molecule has 0 atom stereocenters. The van der Waals surface area contributed by atoms with Gasteiger partial charge in [-0.15, -0.1) is 0 Å². The lowest BCUT2D eigenvalue weighted by atomic mass is 9.86. The van der Waals surface area contributed by atoms with Gasteiger partial charge in [-0.2, -0.15) is 0 Å². The highest BCUT2D eigenvalue weighted by atomic mass is 35.5. The second-order valence-electron chi connectivity index (χ2n) is 9.67. The third kappa shape index (κ3) is 7.12. The van der Waals surface area contributed by atoms with Crippen LogP contribution in [0.1, 0.15) is 47.1 Å². The van der Waals surface area contributed by atoms with Crippen molar-refractivity contribution in [3.05, 3.63) is 71.4 Å². The van der Waals surface area contributed by atoms with Gasteiger partial charge >= 0.3 is 6.03 Å². The molecule has 2 N–H and O–H groups in total. The van der Waals surface area contributed by atoms with Gasteiger partial charge in [-0.25, -0.2) is 9.78 Å². The zero-order chi connectivity index (χ0) is 24.2. The predicted molar refractivity (Wildman–Crippen MR) is 134 cm³/mol. The van der Waals surface area contributed by atoms with Gasteiger partial charge in [0.1, 0.15) is 22.8 Å². The van der Waals surface area contributed by atoms with Crippen molar-refractivity contribution in [3.63, 3.8) is 0 Å². The number of para-hydroxylation sites is 1. The van der Waals surface area contributed by atoms with Crippen LogP contribution in [0.15, 0.2) is 60.8 Å². The number of aromatic nitrogens is 1. The third-order valence-corrected chi connectivity index (χ3v) is 4.71. The van der Waals surface area contributed by atoms with E-state index in [1.54, 1.807) is 30.3 Å². The maximum Gasteiger partial charge on any atom is 0.323 e. The molecule has 0 saturated carbocycles. The molecule has 3 aromatic rings. The van der Waals surface area contributed by atoms with Crippen LogP contribution in [0.25, 0.3) is 0 Å². The summed E-state index contributed by atoms with van der Waals surface area (Å²) in [6, 6.07) is 16.1. The highest BCUT2D eigenvalue weighted by molar-refractivity contribution is 6.30. The van der Waals surface area contributed by atoms with Crippen molar-refractivity contribution in [3.8, 4) is 17.4 Å². The largest absolute Gasteiger partial charge is 0.488 e. The van der Waals surface area contributed by atoms with Crippen molar-refractivity contribution in [2.24, 2.45) is 0 Å². The Morgan fingerprint density at radius 2 is 1.61 bits per heavy atom. The quantitative estimate of drug-likeness (QED) is 0.404. The van der Waals surface area contributed by atoms with Crippen LogP contribution in [0.2, 0.25) is 5.02 Å². The molecule has 33 heavy (non-hydrogen) atoms. The Morgan fingerprint density at radius 1 is 0.939 bits per heavy atom. The van der Waals surface area contributed by atoms with Crippen molar-refractivity contribution in [2.75, 3.05) is 10.6 Å². The highest BCUT2D eigenvalue weighted by Crippen LogP contribution is 2.36. The number of anilines is 2. The van der Waals surface area contributed by atoms with Gasteiger partial charge in [0.15, 0.2) is 0 Å². The maximum atomic E-state index is 12.7. The summed E-state index contributed by atoms with van der Waals surface area (Å²) < 4.78 is 11.9. The number of nitrogens with zero attached hydrogens (tertiary/aromatic N) is 1. The molecule has 1 heterocycles. The Kier molecular flexibility index (Phi) is 7.18. The summed E-state index contributed by atoms with van der Waals surface area (Å²) in [6.07, 6.45) is 1.48. The Labute approximate surface area is 200 Å². The van der Waals surface area contributed by atoms with Crippen molar-refractivity contribution in [1.82, 2.24) is 4.98 Å². The number of hydrogen-bond donors (Lipinski definition) is 2. The summed E-state index contributed by atoms with van der Waals surface area (Å²) in [7, 11) is 0. The molecule has 0 radical (unpaired) electrons. The molecular weight excluding hydrogens is 438 g/mol. The molecule has 174 valence electrons. The average molecular weight is 468 g/mol. The van der Waals surface area contributed by atoms with Gasteiger partial charge in [-0.1, -0.05) is 50.6 Å². The number of nitrogens with one attached hydrogen (secondary N) is 2. The molecule has 1 aromatic heterocycles. The van der Waals surface area contributed by atoms with E-state index in [0.29, 0.717) is 22.1 Å². The molecule has 0 aliphatic rings. The maximum absolute atomic E-state index is 12.7. The number of carbonyl (C=O) groups is 1. The van der Waals surface area contributed by atoms with Crippen molar-refractivity contribution in [2.45, 2.75) is 52.6 Å². The summed E-state index contributed by atoms with van der Waals surface area (Å²) in [4.78, 5) is 16.9. The molecule has 0 unspecified atom stereocenters. The third-order valence-electron chi connectivity index (χ3n) is 4.50. The number of halogens is 1. The van der Waals surface area contributed by atoms with Gasteiger partial charge in [-0.3, -0.25) is 0 Å². The average Bonchev–Trinajstić information content (AvgIpc) is 2.70. The van der Waals surface area contributed by atoms with E-state index in [2.05, 4.69) is 36.4 Å². The summed E-state index contributed by atoms with van der Waals surface area (Å²) in [5.74, 6) is 1.64. The van der Waals surface area contributed by atoms with Gasteiger partial charge in [-0.05, 0) is 62.6 Å². The summed E-state index contributed by atoms with van der Waals surface area (Å²) in [5, 5.41) is 5.95. The summed E-state index contributed by atoms with van der Waals surface area (Å²) in [6.45, 7) is 12.3. The fourth-order valence-electron chi connectivity index (χ4n) is 3.12. The zero-order valence-electron chi connectivity index (χ0n) is 19.8. The van der Waals surface area contributed by atoms with Gasteiger partial charge in [0.05, 0.1) is 5.02 Å². The van der Waals surface area contributed by atoms with Gasteiger partial charge in [0.25, 0.3) is 0 Å². The monoisotopic (exact) mass is 467 g/mol. The smallest absolute Gasteiger partial charge is 0.323 e. The van der Waals surface area contributed by atoms with E-state index in [1.807, 2.05) is 45.0 Å². The van der Waals surface area contributed by atoms with Gasteiger partial charge < -0.3 is 20.1 Å².